The Morgan fingerprint density at radius 1 is 1.36 bits per heavy atom. The van der Waals surface area contributed by atoms with Crippen LogP contribution >= 0.6 is 0 Å². The summed E-state index contributed by atoms with van der Waals surface area (Å²) in [5, 5.41) is 2.95. The number of nitrogens with one attached hydrogen (secondary N) is 2. The second-order valence-corrected chi connectivity index (χ2v) is 8.10. The van der Waals surface area contributed by atoms with Crippen LogP contribution in [-0.4, -0.2) is 52.5 Å². The largest absolute Gasteiger partial charge is 0.444 e. The van der Waals surface area contributed by atoms with Crippen LogP contribution in [0.2, 0.25) is 0 Å². The molecule has 25 heavy (non-hydrogen) atoms. The predicted octanol–water partition coefficient (Wildman–Crippen LogP) is 3.19. The molecule has 1 fully saturated rings. The van der Waals surface area contributed by atoms with E-state index in [2.05, 4.69) is 22.1 Å². The number of rotatable bonds is 4. The second kappa shape index (κ2) is 7.60. The third-order valence-corrected chi connectivity index (χ3v) is 4.53. The highest BCUT2D eigenvalue weighted by Gasteiger charge is 2.29. The maximum Gasteiger partial charge on any atom is 0.407 e. The summed E-state index contributed by atoms with van der Waals surface area (Å²) in [6.07, 6.45) is 1.27. The van der Waals surface area contributed by atoms with Crippen LogP contribution < -0.4 is 5.32 Å². The summed E-state index contributed by atoms with van der Waals surface area (Å²) in [4.78, 5) is 29.8. The van der Waals surface area contributed by atoms with E-state index in [4.69, 9.17) is 4.74 Å². The normalized spacial score (nSPS) is 21.8. The van der Waals surface area contributed by atoms with Gasteiger partial charge < -0.3 is 15.0 Å². The number of aromatic nitrogens is 1. The van der Waals surface area contributed by atoms with Gasteiger partial charge in [0.1, 0.15) is 5.60 Å². The molecule has 6 nitrogen and oxygen atoms in total. The molecule has 2 N–H and O–H groups in total. The summed E-state index contributed by atoms with van der Waals surface area (Å²) < 4.78 is 5.32. The number of hydrogen-bond acceptors (Lipinski definition) is 4. The highest BCUT2D eigenvalue weighted by Crippen LogP contribution is 2.19. The summed E-state index contributed by atoms with van der Waals surface area (Å²) in [7, 11) is 0. The van der Waals surface area contributed by atoms with E-state index < -0.39 is 5.60 Å². The number of aromatic amines is 1. The average molecular weight is 349 g/mol. The lowest BCUT2D eigenvalue weighted by Crippen LogP contribution is -2.50. The van der Waals surface area contributed by atoms with Gasteiger partial charge in [-0.2, -0.15) is 0 Å². The number of aryl methyl sites for hydroxylation is 2. The first-order valence-corrected chi connectivity index (χ1v) is 8.98. The Hall–Kier alpha value is -1.82. The van der Waals surface area contributed by atoms with Gasteiger partial charge in [0, 0.05) is 35.6 Å². The van der Waals surface area contributed by atoms with E-state index in [0.29, 0.717) is 6.54 Å². The van der Waals surface area contributed by atoms with Crippen molar-refractivity contribution in [3.8, 4) is 0 Å². The molecular weight excluding hydrogens is 318 g/mol. The Balaban J connectivity index is 1.86. The number of amides is 1. The van der Waals surface area contributed by atoms with Gasteiger partial charge in [0.15, 0.2) is 5.78 Å². The molecule has 6 heteroatoms. The lowest BCUT2D eigenvalue weighted by Gasteiger charge is -2.37. The van der Waals surface area contributed by atoms with Crippen LogP contribution in [0.3, 0.4) is 0 Å². The number of ketones is 1. The molecule has 1 aliphatic rings. The molecule has 0 saturated carbocycles. The molecule has 2 rings (SSSR count). The number of piperidine rings is 1. The van der Waals surface area contributed by atoms with Crippen LogP contribution in [-0.2, 0) is 4.74 Å². The minimum atomic E-state index is -0.491. The molecule has 0 spiro atoms. The molecule has 1 saturated heterocycles. The number of hydrogen-bond donors (Lipinski definition) is 2. The number of H-pyrrole nitrogens is 1. The van der Waals surface area contributed by atoms with E-state index in [0.717, 1.165) is 36.3 Å². The van der Waals surface area contributed by atoms with E-state index in [1.54, 1.807) is 0 Å². The zero-order valence-electron chi connectivity index (χ0n) is 16.2. The number of carbonyl (C=O) groups is 2. The second-order valence-electron chi connectivity index (χ2n) is 8.10. The maximum atomic E-state index is 12.6. The molecular formula is C19H31N3O3. The summed E-state index contributed by atoms with van der Waals surface area (Å²) in [5.74, 6) is 0.146. The smallest absolute Gasteiger partial charge is 0.407 e. The standard InChI is InChI=1S/C19H31N3O3/c1-12-9-16(14(3)20-12)17(23)11-22-8-7-15(10-13(22)2)21-18(24)25-19(4,5)6/h9,13,15,20H,7-8,10-11H2,1-6H3,(H,21,24)/t13-,15+/m1/s1. The zero-order valence-corrected chi connectivity index (χ0v) is 16.2. The van der Waals surface area contributed by atoms with Gasteiger partial charge in [-0.25, -0.2) is 4.79 Å². The van der Waals surface area contributed by atoms with Crippen molar-refractivity contribution in [1.82, 2.24) is 15.2 Å². The van der Waals surface area contributed by atoms with Crippen LogP contribution in [0.15, 0.2) is 6.07 Å². The number of Topliss-reactive ketones (excluding diaryl/α,β-unsaturated/α-hetero) is 1. The van der Waals surface area contributed by atoms with E-state index in [1.165, 1.54) is 0 Å². The minimum absolute atomic E-state index is 0.0902. The first-order chi connectivity index (χ1) is 11.5. The molecule has 0 aliphatic carbocycles. The lowest BCUT2D eigenvalue weighted by molar-refractivity contribution is 0.0451. The Morgan fingerprint density at radius 3 is 2.56 bits per heavy atom. The molecule has 1 amide bonds. The van der Waals surface area contributed by atoms with Crippen LogP contribution in [0.5, 0.6) is 0 Å². The molecule has 2 atom stereocenters. The fourth-order valence-electron chi connectivity index (χ4n) is 3.34. The molecule has 1 aromatic heterocycles. The predicted molar refractivity (Wildman–Crippen MR) is 98.0 cm³/mol. The first-order valence-electron chi connectivity index (χ1n) is 8.98. The summed E-state index contributed by atoms with van der Waals surface area (Å²) in [6.45, 7) is 12.8. The van der Waals surface area contributed by atoms with Gasteiger partial charge in [-0.3, -0.25) is 9.69 Å². The monoisotopic (exact) mass is 349 g/mol. The lowest BCUT2D eigenvalue weighted by atomic mass is 9.97. The summed E-state index contributed by atoms with van der Waals surface area (Å²) >= 11 is 0. The van der Waals surface area contributed by atoms with Crippen molar-refractivity contribution in [1.29, 1.82) is 0 Å². The van der Waals surface area contributed by atoms with Crippen molar-refractivity contribution < 1.29 is 14.3 Å². The van der Waals surface area contributed by atoms with Crippen molar-refractivity contribution in [2.24, 2.45) is 0 Å². The van der Waals surface area contributed by atoms with Crippen molar-refractivity contribution in [3.63, 3.8) is 0 Å². The van der Waals surface area contributed by atoms with Crippen molar-refractivity contribution in [2.45, 2.75) is 72.1 Å². The highest BCUT2D eigenvalue weighted by molar-refractivity contribution is 5.98. The number of carbonyl (C=O) groups excluding carboxylic acids is 2. The third kappa shape index (κ3) is 5.59. The Kier molecular flexibility index (Phi) is 5.93. The Morgan fingerprint density at radius 2 is 2.04 bits per heavy atom. The number of nitrogens with zero attached hydrogens (tertiary/aromatic N) is 1. The van der Waals surface area contributed by atoms with Crippen LogP contribution in [0.25, 0.3) is 0 Å². The van der Waals surface area contributed by atoms with Gasteiger partial charge in [0.25, 0.3) is 0 Å². The van der Waals surface area contributed by atoms with Crippen LogP contribution in [0.4, 0.5) is 4.79 Å². The van der Waals surface area contributed by atoms with Crippen molar-refractivity contribution in [3.05, 3.63) is 23.0 Å². The van der Waals surface area contributed by atoms with Gasteiger partial charge in [-0.1, -0.05) is 0 Å². The summed E-state index contributed by atoms with van der Waals surface area (Å²) in [6, 6.07) is 2.24. The van der Waals surface area contributed by atoms with Crippen molar-refractivity contribution >= 4 is 11.9 Å². The third-order valence-electron chi connectivity index (χ3n) is 4.53. The molecule has 1 aliphatic heterocycles. The minimum Gasteiger partial charge on any atom is -0.444 e. The van der Waals surface area contributed by atoms with Gasteiger partial charge in [0.05, 0.1) is 6.54 Å². The molecule has 1 aromatic rings. The molecule has 2 heterocycles. The van der Waals surface area contributed by atoms with E-state index in [-0.39, 0.29) is 24.0 Å². The van der Waals surface area contributed by atoms with Gasteiger partial charge >= 0.3 is 6.09 Å². The molecule has 0 bridgehead atoms. The van der Waals surface area contributed by atoms with Crippen LogP contribution in [0.1, 0.15) is 62.3 Å². The number of alkyl carbamates (subject to hydrolysis) is 1. The van der Waals surface area contributed by atoms with Gasteiger partial charge in [0.2, 0.25) is 0 Å². The molecule has 0 radical (unpaired) electrons. The molecule has 0 unspecified atom stereocenters. The SMILES string of the molecule is Cc1cc(C(=O)CN2CC[C@H](NC(=O)OC(C)(C)C)C[C@H]2C)c(C)[nH]1. The Bertz CT molecular complexity index is 630. The van der Waals surface area contributed by atoms with Crippen LogP contribution in [0, 0.1) is 13.8 Å². The Labute approximate surface area is 150 Å². The fraction of sp³-hybridized carbons (Fsp3) is 0.684. The average Bonchev–Trinajstić information content (AvgIpc) is 2.78. The van der Waals surface area contributed by atoms with E-state index >= 15 is 0 Å². The quantitative estimate of drug-likeness (QED) is 0.819. The number of likely N-dealkylation sites (tertiary alicyclic amines) is 1. The van der Waals surface area contributed by atoms with E-state index in [9.17, 15) is 9.59 Å². The number of ether oxygens (including phenoxy) is 1. The highest BCUT2D eigenvalue weighted by atomic mass is 16.6. The topological polar surface area (TPSA) is 74.4 Å². The summed E-state index contributed by atoms with van der Waals surface area (Å²) in [5.41, 5.74) is 2.22. The van der Waals surface area contributed by atoms with Gasteiger partial charge in [-0.15, -0.1) is 0 Å². The molecule has 0 aromatic carbocycles. The van der Waals surface area contributed by atoms with E-state index in [1.807, 2.05) is 40.7 Å². The first kappa shape index (κ1) is 19.5. The maximum absolute atomic E-state index is 12.6. The molecule has 140 valence electrons. The van der Waals surface area contributed by atoms with Gasteiger partial charge in [-0.05, 0) is 60.5 Å². The zero-order chi connectivity index (χ0) is 18.8. The fourth-order valence-corrected chi connectivity index (χ4v) is 3.34. The van der Waals surface area contributed by atoms with Crippen molar-refractivity contribution in [2.75, 3.05) is 13.1 Å².